The van der Waals surface area contributed by atoms with E-state index in [1.807, 2.05) is 55.1 Å². The van der Waals surface area contributed by atoms with Crippen LogP contribution in [-0.4, -0.2) is 28.1 Å². The summed E-state index contributed by atoms with van der Waals surface area (Å²) in [6.45, 7) is 2.75. The van der Waals surface area contributed by atoms with Crippen molar-refractivity contribution in [3.8, 4) is 0 Å². The van der Waals surface area contributed by atoms with Gasteiger partial charge in [0.15, 0.2) is 0 Å². The fraction of sp³-hybridized carbons (Fsp3) is 0.474. The second kappa shape index (κ2) is 7.62. The Morgan fingerprint density at radius 1 is 1.42 bits per heavy atom. The van der Waals surface area contributed by atoms with Crippen LogP contribution in [0.2, 0.25) is 0 Å². The third-order valence-electron chi connectivity index (χ3n) is 4.69. The van der Waals surface area contributed by atoms with Crippen molar-refractivity contribution in [2.45, 2.75) is 44.2 Å². The van der Waals surface area contributed by atoms with E-state index in [1.165, 1.54) is 0 Å². The predicted molar refractivity (Wildman–Crippen MR) is 92.5 cm³/mol. The maximum Gasteiger partial charge on any atom is 0.227 e. The Labute approximate surface area is 143 Å². The van der Waals surface area contributed by atoms with Gasteiger partial charge in [0, 0.05) is 26.0 Å². The average molecular weight is 327 g/mol. The molecule has 5 heteroatoms. The van der Waals surface area contributed by atoms with Crippen LogP contribution in [-0.2, 0) is 16.6 Å². The van der Waals surface area contributed by atoms with Crippen LogP contribution >= 0.6 is 0 Å². The quantitative estimate of drug-likeness (QED) is 0.918. The van der Waals surface area contributed by atoms with Crippen LogP contribution in [0.4, 0.5) is 0 Å². The Balaban J connectivity index is 1.75. The number of carbonyl (C=O) groups excluding carboxylic acids is 1. The van der Waals surface area contributed by atoms with Gasteiger partial charge in [-0.2, -0.15) is 0 Å². The van der Waals surface area contributed by atoms with Crippen molar-refractivity contribution in [2.75, 3.05) is 6.61 Å². The van der Waals surface area contributed by atoms with E-state index in [4.69, 9.17) is 4.74 Å². The zero-order valence-corrected chi connectivity index (χ0v) is 14.3. The summed E-state index contributed by atoms with van der Waals surface area (Å²) < 4.78 is 7.90. The van der Waals surface area contributed by atoms with Crippen molar-refractivity contribution >= 4 is 5.91 Å². The summed E-state index contributed by atoms with van der Waals surface area (Å²) in [5.41, 5.74) is 1.06. The number of amides is 1. The van der Waals surface area contributed by atoms with Gasteiger partial charge in [0.25, 0.3) is 0 Å². The first-order valence-corrected chi connectivity index (χ1v) is 8.64. The maximum atomic E-state index is 12.8. The van der Waals surface area contributed by atoms with E-state index in [9.17, 15) is 4.79 Å². The monoisotopic (exact) mass is 327 g/mol. The van der Waals surface area contributed by atoms with Crippen molar-refractivity contribution in [3.05, 3.63) is 54.1 Å². The molecule has 3 atom stereocenters. The Hall–Kier alpha value is -2.14. The molecule has 1 N–H and O–H groups in total. The van der Waals surface area contributed by atoms with Gasteiger partial charge in [-0.3, -0.25) is 4.79 Å². The molecule has 1 aromatic heterocycles. The number of rotatable bonds is 5. The van der Waals surface area contributed by atoms with E-state index >= 15 is 0 Å². The largest absolute Gasteiger partial charge is 0.368 e. The Bertz CT molecular complexity index is 668. The molecule has 1 aliphatic rings. The number of nitrogens with one attached hydrogen (secondary N) is 1. The highest BCUT2D eigenvalue weighted by Crippen LogP contribution is 2.28. The first-order chi connectivity index (χ1) is 11.7. The molecular weight excluding hydrogens is 302 g/mol. The highest BCUT2D eigenvalue weighted by molar-refractivity contribution is 5.83. The van der Waals surface area contributed by atoms with Crippen LogP contribution < -0.4 is 5.32 Å². The minimum Gasteiger partial charge on any atom is -0.368 e. The number of aromatic nitrogens is 2. The molecule has 1 fully saturated rings. The van der Waals surface area contributed by atoms with Gasteiger partial charge in [-0.1, -0.05) is 37.3 Å². The molecule has 1 amide bonds. The van der Waals surface area contributed by atoms with Gasteiger partial charge in [0.1, 0.15) is 11.9 Å². The summed E-state index contributed by atoms with van der Waals surface area (Å²) in [5, 5.41) is 3.22. The summed E-state index contributed by atoms with van der Waals surface area (Å²) in [4.78, 5) is 17.3. The number of carbonyl (C=O) groups is 1. The highest BCUT2D eigenvalue weighted by Gasteiger charge is 2.33. The molecule has 1 aromatic carbocycles. The van der Waals surface area contributed by atoms with Crippen LogP contribution in [0, 0.1) is 0 Å². The smallest absolute Gasteiger partial charge is 0.227 e. The highest BCUT2D eigenvalue weighted by atomic mass is 16.5. The lowest BCUT2D eigenvalue weighted by Crippen LogP contribution is -2.45. The number of imidazole rings is 1. The molecular formula is C19H25N3O2. The minimum absolute atomic E-state index is 0.0369. The normalized spacial score (nSPS) is 22.1. The molecule has 2 aromatic rings. The van der Waals surface area contributed by atoms with E-state index in [1.54, 1.807) is 6.20 Å². The maximum absolute atomic E-state index is 12.8. The van der Waals surface area contributed by atoms with E-state index in [0.717, 1.165) is 30.7 Å². The summed E-state index contributed by atoms with van der Waals surface area (Å²) in [6, 6.07) is 9.92. The molecule has 128 valence electrons. The summed E-state index contributed by atoms with van der Waals surface area (Å²) in [6.07, 6.45) is 6.13. The third kappa shape index (κ3) is 3.51. The topological polar surface area (TPSA) is 56.1 Å². The average Bonchev–Trinajstić information content (AvgIpc) is 3.03. The van der Waals surface area contributed by atoms with Crippen LogP contribution in [0.15, 0.2) is 42.7 Å². The van der Waals surface area contributed by atoms with Crippen LogP contribution in [0.25, 0.3) is 0 Å². The third-order valence-corrected chi connectivity index (χ3v) is 4.69. The van der Waals surface area contributed by atoms with Gasteiger partial charge in [0.05, 0.1) is 12.0 Å². The number of hydrogen-bond acceptors (Lipinski definition) is 3. The van der Waals surface area contributed by atoms with Crippen LogP contribution in [0.5, 0.6) is 0 Å². The SMILES string of the molecule is CC[C@H](C(=O)N[C@H]1CCCO[C@@H]1c1nccn1C)c1ccccc1. The van der Waals surface area contributed by atoms with Crippen LogP contribution in [0.1, 0.15) is 49.6 Å². The fourth-order valence-corrected chi connectivity index (χ4v) is 3.38. The molecule has 5 nitrogen and oxygen atoms in total. The zero-order chi connectivity index (χ0) is 16.9. The van der Waals surface area contributed by atoms with Crippen molar-refractivity contribution < 1.29 is 9.53 Å². The fourth-order valence-electron chi connectivity index (χ4n) is 3.38. The van der Waals surface area contributed by atoms with E-state index < -0.39 is 0 Å². The van der Waals surface area contributed by atoms with Crippen molar-refractivity contribution in [1.82, 2.24) is 14.9 Å². The number of aryl methyl sites for hydroxylation is 1. The van der Waals surface area contributed by atoms with Gasteiger partial charge >= 0.3 is 0 Å². The molecule has 0 saturated carbocycles. The number of nitrogens with zero attached hydrogens (tertiary/aromatic N) is 2. The first kappa shape index (κ1) is 16.7. The Kier molecular flexibility index (Phi) is 5.30. The Morgan fingerprint density at radius 3 is 2.88 bits per heavy atom. The lowest BCUT2D eigenvalue weighted by atomic mass is 9.94. The van der Waals surface area contributed by atoms with Crippen molar-refractivity contribution in [3.63, 3.8) is 0 Å². The number of benzene rings is 1. The number of hydrogen-bond donors (Lipinski definition) is 1. The Morgan fingerprint density at radius 2 is 2.21 bits per heavy atom. The predicted octanol–water partition coefficient (Wildman–Crippen LogP) is 2.95. The van der Waals surface area contributed by atoms with Gasteiger partial charge in [-0.25, -0.2) is 4.98 Å². The van der Waals surface area contributed by atoms with Gasteiger partial charge in [-0.05, 0) is 24.8 Å². The molecule has 24 heavy (non-hydrogen) atoms. The summed E-state index contributed by atoms with van der Waals surface area (Å²) in [5.74, 6) is 0.807. The van der Waals surface area contributed by atoms with Crippen molar-refractivity contribution in [1.29, 1.82) is 0 Å². The molecule has 3 rings (SSSR count). The first-order valence-electron chi connectivity index (χ1n) is 8.64. The standard InChI is InChI=1S/C19H25N3O2/c1-3-15(14-8-5-4-6-9-14)19(23)21-16-10-7-13-24-17(16)18-20-11-12-22(18)2/h4-6,8-9,11-12,15-17H,3,7,10,13H2,1-2H3,(H,21,23)/t15-,16-,17-/m0/s1. The molecule has 1 aliphatic heterocycles. The lowest BCUT2D eigenvalue weighted by molar-refractivity contribution is -0.125. The van der Waals surface area contributed by atoms with E-state index in [-0.39, 0.29) is 24.0 Å². The molecule has 0 unspecified atom stereocenters. The number of ether oxygens (including phenoxy) is 1. The second-order valence-corrected chi connectivity index (χ2v) is 6.32. The van der Waals surface area contributed by atoms with Gasteiger partial charge in [-0.15, -0.1) is 0 Å². The van der Waals surface area contributed by atoms with Crippen LogP contribution in [0.3, 0.4) is 0 Å². The molecule has 2 heterocycles. The molecule has 0 radical (unpaired) electrons. The second-order valence-electron chi connectivity index (χ2n) is 6.32. The van der Waals surface area contributed by atoms with Crippen molar-refractivity contribution in [2.24, 2.45) is 7.05 Å². The summed E-state index contributed by atoms with van der Waals surface area (Å²) in [7, 11) is 1.96. The zero-order valence-electron chi connectivity index (χ0n) is 14.3. The van der Waals surface area contributed by atoms with Gasteiger partial charge < -0.3 is 14.6 Å². The van der Waals surface area contributed by atoms with E-state index in [0.29, 0.717) is 6.61 Å². The lowest BCUT2D eigenvalue weighted by Gasteiger charge is -2.33. The molecule has 1 saturated heterocycles. The minimum atomic E-state index is -0.184. The molecule has 0 spiro atoms. The van der Waals surface area contributed by atoms with E-state index in [2.05, 4.69) is 10.3 Å². The molecule has 0 aliphatic carbocycles. The summed E-state index contributed by atoms with van der Waals surface area (Å²) >= 11 is 0. The molecule has 0 bridgehead atoms. The van der Waals surface area contributed by atoms with Gasteiger partial charge in [0.2, 0.25) is 5.91 Å².